The van der Waals surface area contributed by atoms with Crippen molar-refractivity contribution in [1.29, 1.82) is 0 Å². The van der Waals surface area contributed by atoms with Gasteiger partial charge in [0.2, 0.25) is 11.8 Å². The molecule has 0 aliphatic carbocycles. The second-order valence-corrected chi connectivity index (χ2v) is 9.72. The fourth-order valence-electron chi connectivity index (χ4n) is 4.28. The van der Waals surface area contributed by atoms with Crippen LogP contribution in [-0.2, 0) is 16.1 Å². The molecule has 37 heavy (non-hydrogen) atoms. The number of hydrogen-bond donors (Lipinski definition) is 1. The molecule has 3 aromatic carbocycles. The largest absolute Gasteiger partial charge is 0.354 e. The number of para-hydroxylation sites is 1. The van der Waals surface area contributed by atoms with Crippen LogP contribution >= 0.6 is 0 Å². The molecule has 0 spiro atoms. The molecule has 0 bridgehead atoms. The molecule has 0 saturated heterocycles. The van der Waals surface area contributed by atoms with Gasteiger partial charge in [-0.15, -0.1) is 5.10 Å². The topological polar surface area (TPSA) is 80.1 Å². The predicted octanol–water partition coefficient (Wildman–Crippen LogP) is 5.12. The summed E-state index contributed by atoms with van der Waals surface area (Å²) in [6.45, 7) is 8.35. The fourth-order valence-corrected chi connectivity index (χ4v) is 4.28. The lowest BCUT2D eigenvalue weighted by Crippen LogP contribution is -2.46. The molecule has 0 saturated carbocycles. The Morgan fingerprint density at radius 3 is 2.49 bits per heavy atom. The number of aromatic nitrogens is 3. The summed E-state index contributed by atoms with van der Waals surface area (Å²) in [6, 6.07) is 17.9. The van der Waals surface area contributed by atoms with Gasteiger partial charge in [0.15, 0.2) is 0 Å². The van der Waals surface area contributed by atoms with Crippen LogP contribution in [0, 0.1) is 25.6 Å². The second kappa shape index (κ2) is 11.3. The summed E-state index contributed by atoms with van der Waals surface area (Å²) in [5.41, 5.74) is 4.31. The minimum absolute atomic E-state index is 0.120. The van der Waals surface area contributed by atoms with Crippen molar-refractivity contribution in [2.24, 2.45) is 5.92 Å². The quantitative estimate of drug-likeness (QED) is 0.345. The number of rotatable bonds is 9. The van der Waals surface area contributed by atoms with E-state index in [1.54, 1.807) is 12.1 Å². The Balaban J connectivity index is 1.80. The number of fused-ring (bicyclic) bond motifs is 1. The normalized spacial score (nSPS) is 12.1. The zero-order valence-electron chi connectivity index (χ0n) is 21.6. The monoisotopic (exact) mass is 501 g/mol. The van der Waals surface area contributed by atoms with E-state index >= 15 is 0 Å². The molecule has 1 heterocycles. The Bertz CT molecular complexity index is 1400. The Kier molecular flexibility index (Phi) is 7.96. The summed E-state index contributed by atoms with van der Waals surface area (Å²) >= 11 is 0. The van der Waals surface area contributed by atoms with Gasteiger partial charge in [-0.3, -0.25) is 14.5 Å². The van der Waals surface area contributed by atoms with Gasteiger partial charge < -0.3 is 5.32 Å². The van der Waals surface area contributed by atoms with Crippen LogP contribution in [0.25, 0.3) is 11.0 Å². The number of hydrogen-bond acceptors (Lipinski definition) is 4. The van der Waals surface area contributed by atoms with Gasteiger partial charge in [0.05, 0.1) is 5.52 Å². The summed E-state index contributed by atoms with van der Waals surface area (Å²) in [5, 5.41) is 11.3. The lowest BCUT2D eigenvalue weighted by Gasteiger charge is -2.33. The predicted molar refractivity (Wildman–Crippen MR) is 143 cm³/mol. The summed E-state index contributed by atoms with van der Waals surface area (Å²) in [6.07, 6.45) is 0.796. The van der Waals surface area contributed by atoms with E-state index in [1.165, 1.54) is 21.7 Å². The van der Waals surface area contributed by atoms with Gasteiger partial charge in [-0.05, 0) is 73.2 Å². The minimum atomic E-state index is -1.00. The standard InChI is InChI=1S/C29H32FN5O2/c1-19(2)15-16-31-29(37)28(22-11-13-23(30)14-12-22)35(26-17-20(3)9-10-21(26)4)27(36)18-34-25-8-6-5-7-24(25)32-33-34/h5-14,17,19,28H,15-16,18H2,1-4H3,(H,31,37)/t28-/m1/s1. The van der Waals surface area contributed by atoms with Crippen molar-refractivity contribution in [3.63, 3.8) is 0 Å². The van der Waals surface area contributed by atoms with E-state index in [2.05, 4.69) is 29.5 Å². The van der Waals surface area contributed by atoms with Crippen LogP contribution < -0.4 is 10.2 Å². The molecule has 1 atom stereocenters. The average Bonchev–Trinajstić information content (AvgIpc) is 3.27. The van der Waals surface area contributed by atoms with E-state index < -0.39 is 11.9 Å². The summed E-state index contributed by atoms with van der Waals surface area (Å²) in [4.78, 5) is 29.3. The van der Waals surface area contributed by atoms with Gasteiger partial charge in [0, 0.05) is 12.2 Å². The fraction of sp³-hybridized carbons (Fsp3) is 0.310. The highest BCUT2D eigenvalue weighted by atomic mass is 19.1. The number of halogens is 1. The molecule has 1 N–H and O–H groups in total. The van der Waals surface area contributed by atoms with Crippen LogP contribution in [0.2, 0.25) is 0 Å². The number of benzene rings is 3. The molecule has 7 nitrogen and oxygen atoms in total. The first-order valence-electron chi connectivity index (χ1n) is 12.5. The lowest BCUT2D eigenvalue weighted by molar-refractivity contribution is -0.127. The molecule has 192 valence electrons. The number of anilines is 1. The highest BCUT2D eigenvalue weighted by Crippen LogP contribution is 2.32. The molecule has 4 rings (SSSR count). The van der Waals surface area contributed by atoms with Crippen molar-refractivity contribution < 1.29 is 14.0 Å². The number of carbonyl (C=O) groups is 2. The molecule has 1 aromatic heterocycles. The highest BCUT2D eigenvalue weighted by molar-refractivity contribution is 6.02. The Morgan fingerprint density at radius 1 is 1.03 bits per heavy atom. The Hall–Kier alpha value is -4.07. The molecule has 0 aliphatic heterocycles. The first-order valence-corrected chi connectivity index (χ1v) is 12.5. The third kappa shape index (κ3) is 6.02. The lowest BCUT2D eigenvalue weighted by atomic mass is 10.0. The van der Waals surface area contributed by atoms with Crippen molar-refractivity contribution in [2.75, 3.05) is 11.4 Å². The van der Waals surface area contributed by atoms with Gasteiger partial charge in [-0.25, -0.2) is 9.07 Å². The van der Waals surface area contributed by atoms with Gasteiger partial charge in [0.1, 0.15) is 23.9 Å². The van der Waals surface area contributed by atoms with Crippen LogP contribution in [0.15, 0.2) is 66.7 Å². The molecule has 0 aliphatic rings. The minimum Gasteiger partial charge on any atom is -0.354 e. The molecular weight excluding hydrogens is 469 g/mol. The molecular formula is C29H32FN5O2. The smallest absolute Gasteiger partial charge is 0.249 e. The Labute approximate surface area is 216 Å². The SMILES string of the molecule is Cc1ccc(C)c(N(C(=O)Cn2nnc3ccccc32)[C@@H](C(=O)NCCC(C)C)c2ccc(F)cc2)c1. The molecule has 8 heteroatoms. The van der Waals surface area contributed by atoms with Gasteiger partial charge >= 0.3 is 0 Å². The highest BCUT2D eigenvalue weighted by Gasteiger charge is 2.34. The van der Waals surface area contributed by atoms with Gasteiger partial charge in [0.25, 0.3) is 0 Å². The average molecular weight is 502 g/mol. The van der Waals surface area contributed by atoms with E-state index in [4.69, 9.17) is 0 Å². The van der Waals surface area contributed by atoms with E-state index in [-0.39, 0.29) is 18.4 Å². The maximum atomic E-state index is 14.1. The number of nitrogens with zero attached hydrogens (tertiary/aromatic N) is 4. The number of nitrogens with one attached hydrogen (secondary N) is 1. The summed E-state index contributed by atoms with van der Waals surface area (Å²) in [7, 11) is 0. The molecule has 0 unspecified atom stereocenters. The van der Waals surface area contributed by atoms with E-state index in [9.17, 15) is 14.0 Å². The van der Waals surface area contributed by atoms with Crippen molar-refractivity contribution in [3.8, 4) is 0 Å². The van der Waals surface area contributed by atoms with Crippen LogP contribution in [0.3, 0.4) is 0 Å². The third-order valence-electron chi connectivity index (χ3n) is 6.31. The summed E-state index contributed by atoms with van der Waals surface area (Å²) in [5.74, 6) is -0.675. The van der Waals surface area contributed by atoms with E-state index in [0.717, 1.165) is 23.1 Å². The summed E-state index contributed by atoms with van der Waals surface area (Å²) < 4.78 is 15.4. The zero-order chi connectivity index (χ0) is 26.5. The van der Waals surface area contributed by atoms with E-state index in [0.29, 0.717) is 29.2 Å². The number of carbonyl (C=O) groups excluding carboxylic acids is 2. The maximum absolute atomic E-state index is 14.1. The number of aryl methyl sites for hydroxylation is 2. The molecule has 2 amide bonds. The number of amides is 2. The first kappa shape index (κ1) is 26.0. The van der Waals surface area contributed by atoms with Crippen LogP contribution in [0.1, 0.15) is 43.0 Å². The van der Waals surface area contributed by atoms with Gasteiger partial charge in [-0.2, -0.15) is 0 Å². The van der Waals surface area contributed by atoms with Crippen LogP contribution in [0.4, 0.5) is 10.1 Å². The van der Waals surface area contributed by atoms with Gasteiger partial charge in [-0.1, -0.05) is 55.5 Å². The van der Waals surface area contributed by atoms with Crippen LogP contribution in [-0.4, -0.2) is 33.4 Å². The second-order valence-electron chi connectivity index (χ2n) is 9.72. The van der Waals surface area contributed by atoms with Crippen LogP contribution in [0.5, 0.6) is 0 Å². The zero-order valence-corrected chi connectivity index (χ0v) is 21.6. The van der Waals surface area contributed by atoms with Crippen molar-refractivity contribution in [2.45, 2.75) is 46.7 Å². The molecule has 4 aromatic rings. The van der Waals surface area contributed by atoms with Crippen molar-refractivity contribution in [1.82, 2.24) is 20.3 Å². The maximum Gasteiger partial charge on any atom is 0.249 e. The van der Waals surface area contributed by atoms with E-state index in [1.807, 2.05) is 56.3 Å². The molecule has 0 fully saturated rings. The first-order chi connectivity index (χ1) is 17.7. The van der Waals surface area contributed by atoms with Crippen molar-refractivity contribution in [3.05, 3.63) is 89.2 Å². The third-order valence-corrected chi connectivity index (χ3v) is 6.31. The Morgan fingerprint density at radius 2 is 1.76 bits per heavy atom. The molecule has 0 radical (unpaired) electrons. The van der Waals surface area contributed by atoms with Crippen molar-refractivity contribution >= 4 is 28.5 Å².